The van der Waals surface area contributed by atoms with Crippen molar-refractivity contribution in [2.75, 3.05) is 0 Å². The fourth-order valence-corrected chi connectivity index (χ4v) is 2.22. The molecule has 0 bridgehead atoms. The van der Waals surface area contributed by atoms with Crippen LogP contribution < -0.4 is 15.4 Å². The average Bonchev–Trinajstić information content (AvgIpc) is 2.92. The predicted molar refractivity (Wildman–Crippen MR) is 88.8 cm³/mol. The van der Waals surface area contributed by atoms with Crippen molar-refractivity contribution in [2.24, 2.45) is 0 Å². The van der Waals surface area contributed by atoms with Crippen molar-refractivity contribution in [3.63, 3.8) is 0 Å². The van der Waals surface area contributed by atoms with Gasteiger partial charge in [0.2, 0.25) is 0 Å². The summed E-state index contributed by atoms with van der Waals surface area (Å²) in [6.45, 7) is 0.304. The number of benzene rings is 2. The number of carbonyl (C=O) groups excluding carboxylic acids is 2. The topological polar surface area (TPSA) is 105 Å². The lowest BCUT2D eigenvalue weighted by molar-refractivity contribution is -0.115. The van der Waals surface area contributed by atoms with Crippen LogP contribution in [0.1, 0.15) is 21.5 Å². The van der Waals surface area contributed by atoms with Crippen LogP contribution in [0.15, 0.2) is 54.2 Å². The highest BCUT2D eigenvalue weighted by Gasteiger charge is 2.22. The molecule has 1 heterocycles. The minimum Gasteiger partial charge on any atom is -0.489 e. The van der Waals surface area contributed by atoms with Gasteiger partial charge in [0.05, 0.1) is 5.56 Å². The van der Waals surface area contributed by atoms with Gasteiger partial charge < -0.3 is 15.2 Å². The van der Waals surface area contributed by atoms with Crippen LogP contribution in [0.5, 0.6) is 5.75 Å². The second kappa shape index (κ2) is 6.88. The fourth-order valence-electron chi connectivity index (χ4n) is 2.22. The second-order valence-electron chi connectivity index (χ2n) is 5.33. The molecule has 1 aliphatic rings. The number of urea groups is 1. The molecule has 1 fully saturated rings. The summed E-state index contributed by atoms with van der Waals surface area (Å²) in [7, 11) is 0. The van der Waals surface area contributed by atoms with E-state index in [1.807, 2.05) is 0 Å². The van der Waals surface area contributed by atoms with Crippen LogP contribution in [0, 0.1) is 0 Å². The van der Waals surface area contributed by atoms with E-state index in [4.69, 9.17) is 9.84 Å². The number of imide groups is 1. The van der Waals surface area contributed by atoms with Crippen molar-refractivity contribution in [1.29, 1.82) is 0 Å². The lowest BCUT2D eigenvalue weighted by Crippen LogP contribution is -2.22. The van der Waals surface area contributed by atoms with Crippen LogP contribution in [0.2, 0.25) is 0 Å². The first-order valence-electron chi connectivity index (χ1n) is 7.40. The third-order valence-electron chi connectivity index (χ3n) is 3.52. The molecule has 0 aromatic heterocycles. The number of hydrogen-bond donors (Lipinski definition) is 3. The number of hydrogen-bond acceptors (Lipinski definition) is 4. The number of ether oxygens (including phenoxy) is 1. The van der Waals surface area contributed by atoms with Crippen LogP contribution in [-0.4, -0.2) is 23.0 Å². The normalized spacial score (nSPS) is 15.0. The average molecular weight is 338 g/mol. The summed E-state index contributed by atoms with van der Waals surface area (Å²) in [6.07, 6.45) is 1.56. The van der Waals surface area contributed by atoms with E-state index in [1.165, 1.54) is 12.1 Å². The Morgan fingerprint density at radius 3 is 2.24 bits per heavy atom. The van der Waals surface area contributed by atoms with Crippen LogP contribution in [0.25, 0.3) is 6.08 Å². The summed E-state index contributed by atoms with van der Waals surface area (Å²) in [6, 6.07) is 12.9. The molecule has 0 radical (unpaired) electrons. The first kappa shape index (κ1) is 16.3. The zero-order valence-electron chi connectivity index (χ0n) is 13.0. The van der Waals surface area contributed by atoms with E-state index in [1.54, 1.807) is 42.5 Å². The molecule has 3 rings (SSSR count). The van der Waals surface area contributed by atoms with Gasteiger partial charge in [0, 0.05) is 0 Å². The van der Waals surface area contributed by atoms with Crippen LogP contribution >= 0.6 is 0 Å². The molecule has 0 aliphatic carbocycles. The van der Waals surface area contributed by atoms with Crippen LogP contribution in [-0.2, 0) is 11.4 Å². The van der Waals surface area contributed by atoms with E-state index >= 15 is 0 Å². The zero-order valence-corrected chi connectivity index (χ0v) is 13.0. The highest BCUT2D eigenvalue weighted by molar-refractivity contribution is 6.13. The minimum absolute atomic E-state index is 0.192. The van der Waals surface area contributed by atoms with Gasteiger partial charge in [0.15, 0.2) is 0 Å². The van der Waals surface area contributed by atoms with Gasteiger partial charge in [-0.2, -0.15) is 0 Å². The Labute approximate surface area is 142 Å². The standard InChI is InChI=1S/C18H14N2O5/c21-16-15(19-18(24)20-16)9-11-3-7-14(8-4-11)25-10-12-1-5-13(6-2-12)17(22)23/h1-9H,10H2,(H,22,23)(H2,19,20,21,24)/b15-9+. The quantitative estimate of drug-likeness (QED) is 0.572. The largest absolute Gasteiger partial charge is 0.489 e. The molecule has 2 aromatic rings. The summed E-state index contributed by atoms with van der Waals surface area (Å²) >= 11 is 0. The number of carboxylic acid groups (broad SMARTS) is 1. The van der Waals surface area contributed by atoms with Gasteiger partial charge in [0.1, 0.15) is 18.1 Å². The molecule has 0 saturated carbocycles. The number of carboxylic acids is 1. The van der Waals surface area contributed by atoms with E-state index in [9.17, 15) is 14.4 Å². The van der Waals surface area contributed by atoms with Crippen molar-refractivity contribution in [2.45, 2.75) is 6.61 Å². The molecule has 7 nitrogen and oxygen atoms in total. The molecule has 1 aliphatic heterocycles. The maximum atomic E-state index is 11.5. The molecule has 0 atom stereocenters. The molecular weight excluding hydrogens is 324 g/mol. The lowest BCUT2D eigenvalue weighted by atomic mass is 10.1. The number of carbonyl (C=O) groups is 3. The molecule has 3 N–H and O–H groups in total. The Bertz CT molecular complexity index is 854. The lowest BCUT2D eigenvalue weighted by Gasteiger charge is -2.07. The Morgan fingerprint density at radius 2 is 1.68 bits per heavy atom. The van der Waals surface area contributed by atoms with Crippen molar-refractivity contribution >= 4 is 24.0 Å². The SMILES string of the molecule is O=C1NC(=O)/C(=C\c2ccc(OCc3ccc(C(=O)O)cc3)cc2)N1. The minimum atomic E-state index is -0.968. The first-order valence-corrected chi connectivity index (χ1v) is 7.40. The number of amides is 3. The van der Waals surface area contributed by atoms with Crippen molar-refractivity contribution in [1.82, 2.24) is 10.6 Å². The fraction of sp³-hybridized carbons (Fsp3) is 0.0556. The van der Waals surface area contributed by atoms with Gasteiger partial charge in [-0.05, 0) is 41.5 Å². The first-order chi connectivity index (χ1) is 12.0. The van der Waals surface area contributed by atoms with Crippen molar-refractivity contribution < 1.29 is 24.2 Å². The van der Waals surface area contributed by atoms with Gasteiger partial charge in [-0.1, -0.05) is 24.3 Å². The zero-order chi connectivity index (χ0) is 17.8. The number of rotatable bonds is 5. The maximum absolute atomic E-state index is 11.5. The Morgan fingerprint density at radius 1 is 1.00 bits per heavy atom. The highest BCUT2D eigenvalue weighted by Crippen LogP contribution is 2.16. The van der Waals surface area contributed by atoms with Gasteiger partial charge in [-0.15, -0.1) is 0 Å². The maximum Gasteiger partial charge on any atom is 0.335 e. The van der Waals surface area contributed by atoms with Gasteiger partial charge >= 0.3 is 12.0 Å². The monoisotopic (exact) mass is 338 g/mol. The Balaban J connectivity index is 1.61. The number of aromatic carboxylic acids is 1. The van der Waals surface area contributed by atoms with Gasteiger partial charge in [-0.25, -0.2) is 9.59 Å². The summed E-state index contributed by atoms with van der Waals surface area (Å²) in [5.41, 5.74) is 2.01. The number of nitrogens with one attached hydrogen (secondary N) is 2. The molecule has 1 saturated heterocycles. The smallest absolute Gasteiger partial charge is 0.335 e. The summed E-state index contributed by atoms with van der Waals surface area (Å²) in [5, 5.41) is 13.4. The molecule has 7 heteroatoms. The van der Waals surface area contributed by atoms with E-state index < -0.39 is 17.9 Å². The summed E-state index contributed by atoms with van der Waals surface area (Å²) in [4.78, 5) is 33.3. The summed E-state index contributed by atoms with van der Waals surface area (Å²) in [5.74, 6) is -0.802. The molecular formula is C18H14N2O5. The van der Waals surface area contributed by atoms with E-state index in [-0.39, 0.29) is 11.3 Å². The summed E-state index contributed by atoms with van der Waals surface area (Å²) < 4.78 is 5.64. The van der Waals surface area contributed by atoms with Crippen molar-refractivity contribution in [3.8, 4) is 5.75 Å². The van der Waals surface area contributed by atoms with Crippen LogP contribution in [0.4, 0.5) is 4.79 Å². The van der Waals surface area contributed by atoms with Crippen molar-refractivity contribution in [3.05, 3.63) is 70.9 Å². The Kier molecular flexibility index (Phi) is 4.47. The van der Waals surface area contributed by atoms with Gasteiger partial charge in [0.25, 0.3) is 5.91 Å². The van der Waals surface area contributed by atoms with Crippen LogP contribution in [0.3, 0.4) is 0 Å². The Hall–Kier alpha value is -3.61. The van der Waals surface area contributed by atoms with Gasteiger partial charge in [-0.3, -0.25) is 10.1 Å². The third-order valence-corrected chi connectivity index (χ3v) is 3.52. The molecule has 126 valence electrons. The molecule has 2 aromatic carbocycles. The third kappa shape index (κ3) is 4.03. The van der Waals surface area contributed by atoms with E-state index in [0.29, 0.717) is 12.4 Å². The molecule has 3 amide bonds. The molecule has 0 unspecified atom stereocenters. The molecule has 25 heavy (non-hydrogen) atoms. The predicted octanol–water partition coefficient (Wildman–Crippen LogP) is 2.14. The second-order valence-corrected chi connectivity index (χ2v) is 5.33. The van der Waals surface area contributed by atoms with E-state index in [0.717, 1.165) is 11.1 Å². The molecule has 0 spiro atoms. The highest BCUT2D eigenvalue weighted by atomic mass is 16.5. The van der Waals surface area contributed by atoms with E-state index in [2.05, 4.69) is 10.6 Å².